The number of methoxy groups -OCH3 is 1. The molecule has 0 bridgehead atoms. The summed E-state index contributed by atoms with van der Waals surface area (Å²) in [7, 11) is 1.58. The van der Waals surface area contributed by atoms with E-state index >= 15 is 0 Å². The fourth-order valence-electron chi connectivity index (χ4n) is 1.90. The van der Waals surface area contributed by atoms with E-state index in [2.05, 4.69) is 0 Å². The number of ether oxygens (including phenoxy) is 1. The fourth-order valence-corrected chi connectivity index (χ4v) is 1.90. The first-order valence-corrected chi connectivity index (χ1v) is 5.79. The van der Waals surface area contributed by atoms with Crippen LogP contribution in [-0.4, -0.2) is 12.3 Å². The molecule has 0 aliphatic heterocycles. The van der Waals surface area contributed by atoms with E-state index in [9.17, 15) is 5.21 Å². The zero-order valence-corrected chi connectivity index (χ0v) is 10.5. The Morgan fingerprint density at radius 1 is 1.26 bits per heavy atom. The largest absolute Gasteiger partial charge is 0.733 e. The third-order valence-electron chi connectivity index (χ3n) is 2.88. The molecule has 2 rings (SSSR count). The lowest BCUT2D eigenvalue weighted by molar-refractivity contribution is 0.296. The molecule has 2 aromatic rings. The highest BCUT2D eigenvalue weighted by Crippen LogP contribution is 2.32. The van der Waals surface area contributed by atoms with Gasteiger partial charge in [-0.1, -0.05) is 18.2 Å². The van der Waals surface area contributed by atoms with Gasteiger partial charge in [0.15, 0.2) is 0 Å². The average molecular weight is 259 g/mol. The molecule has 0 atom stereocenters. The monoisotopic (exact) mass is 259 g/mol. The second-order valence-corrected chi connectivity index (χ2v) is 4.06. The van der Waals surface area contributed by atoms with E-state index in [0.717, 1.165) is 16.7 Å². The van der Waals surface area contributed by atoms with Gasteiger partial charge in [-0.3, -0.25) is 5.21 Å². The van der Waals surface area contributed by atoms with Crippen LogP contribution in [0.4, 0.5) is 5.69 Å². The van der Waals surface area contributed by atoms with Crippen molar-refractivity contribution in [2.75, 3.05) is 12.3 Å². The maximum atomic E-state index is 10.9. The quantitative estimate of drug-likeness (QED) is 0.824. The van der Waals surface area contributed by atoms with Crippen LogP contribution in [0.3, 0.4) is 0 Å². The summed E-state index contributed by atoms with van der Waals surface area (Å²) in [5.41, 5.74) is 8.36. The molecule has 3 N–H and O–H groups in total. The van der Waals surface area contributed by atoms with Crippen molar-refractivity contribution >= 4 is 5.69 Å². The molecule has 5 heteroatoms. The molecule has 0 heterocycles. The van der Waals surface area contributed by atoms with Gasteiger partial charge in [-0.2, -0.15) is 0 Å². The van der Waals surface area contributed by atoms with Crippen molar-refractivity contribution in [1.82, 2.24) is 0 Å². The molecule has 0 saturated heterocycles. The van der Waals surface area contributed by atoms with Crippen molar-refractivity contribution in [3.05, 3.63) is 53.2 Å². The molecule has 0 amide bonds. The lowest BCUT2D eigenvalue weighted by Crippen LogP contribution is -2.06. The molecule has 0 aliphatic rings. The molecule has 0 radical (unpaired) electrons. The minimum absolute atomic E-state index is 0.164. The SMILES string of the molecule is COc1ccc(CN)cc1-c1cccc(N([O-])O)c1. The zero-order chi connectivity index (χ0) is 13.8. The molecule has 2 aromatic carbocycles. The van der Waals surface area contributed by atoms with E-state index in [1.54, 1.807) is 19.2 Å². The number of benzene rings is 2. The highest BCUT2D eigenvalue weighted by Gasteiger charge is 2.07. The Morgan fingerprint density at radius 2 is 2.05 bits per heavy atom. The zero-order valence-electron chi connectivity index (χ0n) is 10.5. The molecule has 100 valence electrons. The van der Waals surface area contributed by atoms with E-state index in [-0.39, 0.29) is 10.9 Å². The molecule has 0 saturated carbocycles. The summed E-state index contributed by atoms with van der Waals surface area (Å²) >= 11 is 0. The molecular formula is C14H15N2O3-. The van der Waals surface area contributed by atoms with Gasteiger partial charge in [0.25, 0.3) is 0 Å². The molecule has 19 heavy (non-hydrogen) atoms. The van der Waals surface area contributed by atoms with Gasteiger partial charge in [-0.15, -0.1) is 0 Å². The summed E-state index contributed by atoms with van der Waals surface area (Å²) in [6.07, 6.45) is 0. The molecule has 0 unspecified atom stereocenters. The maximum absolute atomic E-state index is 10.9. The molecular weight excluding hydrogens is 244 g/mol. The minimum Gasteiger partial charge on any atom is -0.733 e. The van der Waals surface area contributed by atoms with Crippen molar-refractivity contribution in [3.8, 4) is 16.9 Å². The van der Waals surface area contributed by atoms with Gasteiger partial charge in [0.2, 0.25) is 0 Å². The van der Waals surface area contributed by atoms with E-state index in [1.165, 1.54) is 6.07 Å². The number of nitrogens with zero attached hydrogens (tertiary/aromatic N) is 1. The molecule has 0 spiro atoms. The Hall–Kier alpha value is -2.08. The number of anilines is 1. The molecule has 0 fully saturated rings. The Bertz CT molecular complexity index is 570. The van der Waals surface area contributed by atoms with Crippen molar-refractivity contribution in [1.29, 1.82) is 0 Å². The van der Waals surface area contributed by atoms with Crippen molar-refractivity contribution < 1.29 is 9.94 Å². The second-order valence-electron chi connectivity index (χ2n) is 4.06. The summed E-state index contributed by atoms with van der Waals surface area (Å²) in [6, 6.07) is 12.3. The third kappa shape index (κ3) is 2.85. The number of hydrogen-bond donors (Lipinski definition) is 2. The maximum Gasteiger partial charge on any atom is 0.126 e. The van der Waals surface area contributed by atoms with Crippen molar-refractivity contribution in [3.63, 3.8) is 0 Å². The average Bonchev–Trinajstić information content (AvgIpc) is 2.46. The van der Waals surface area contributed by atoms with E-state index in [1.807, 2.05) is 24.3 Å². The lowest BCUT2D eigenvalue weighted by Gasteiger charge is -2.22. The van der Waals surface area contributed by atoms with Gasteiger partial charge in [0.05, 0.1) is 12.8 Å². The molecule has 5 nitrogen and oxygen atoms in total. The van der Waals surface area contributed by atoms with Gasteiger partial charge in [0, 0.05) is 12.1 Å². The number of nitrogens with two attached hydrogens (primary N) is 1. The molecule has 0 aromatic heterocycles. The standard InChI is InChI=1S/C14H15N2O3/c1-19-14-6-5-10(9-15)7-13(14)11-3-2-4-12(8-11)16(17)18/h2-8,17H,9,15H2,1H3/q-1. The van der Waals surface area contributed by atoms with Crippen LogP contribution >= 0.6 is 0 Å². The minimum atomic E-state index is -0.164. The predicted molar refractivity (Wildman–Crippen MR) is 74.0 cm³/mol. The van der Waals surface area contributed by atoms with Gasteiger partial charge in [0.1, 0.15) is 5.75 Å². The summed E-state index contributed by atoms with van der Waals surface area (Å²) in [6.45, 7) is 0.421. The summed E-state index contributed by atoms with van der Waals surface area (Å²) < 4.78 is 5.30. The van der Waals surface area contributed by atoms with Crippen LogP contribution in [0.1, 0.15) is 5.56 Å². The Kier molecular flexibility index (Phi) is 4.01. The van der Waals surface area contributed by atoms with Gasteiger partial charge < -0.3 is 20.9 Å². The van der Waals surface area contributed by atoms with E-state index in [0.29, 0.717) is 12.3 Å². The first-order valence-electron chi connectivity index (χ1n) is 5.79. The Balaban J connectivity index is 2.53. The van der Waals surface area contributed by atoms with Crippen LogP contribution in [0.25, 0.3) is 11.1 Å². The van der Waals surface area contributed by atoms with E-state index < -0.39 is 0 Å². The van der Waals surface area contributed by atoms with E-state index in [4.69, 9.17) is 15.7 Å². The molecule has 0 aliphatic carbocycles. The Labute approximate surface area is 111 Å². The number of hydrogen-bond acceptors (Lipinski definition) is 5. The Morgan fingerprint density at radius 3 is 2.68 bits per heavy atom. The van der Waals surface area contributed by atoms with Crippen LogP contribution in [0, 0.1) is 5.21 Å². The highest BCUT2D eigenvalue weighted by molar-refractivity contribution is 5.74. The normalized spacial score (nSPS) is 10.3. The van der Waals surface area contributed by atoms with Gasteiger partial charge >= 0.3 is 0 Å². The summed E-state index contributed by atoms with van der Waals surface area (Å²) in [5, 5.41) is 19.7. The number of rotatable bonds is 4. The van der Waals surface area contributed by atoms with Crippen LogP contribution in [-0.2, 0) is 6.54 Å². The van der Waals surface area contributed by atoms with Crippen molar-refractivity contribution in [2.45, 2.75) is 6.54 Å². The first kappa shape index (κ1) is 13.4. The fraction of sp³-hybridized carbons (Fsp3) is 0.143. The van der Waals surface area contributed by atoms with Gasteiger partial charge in [-0.25, -0.2) is 0 Å². The first-order chi connectivity index (χ1) is 9.15. The van der Waals surface area contributed by atoms with Crippen LogP contribution in [0.15, 0.2) is 42.5 Å². The van der Waals surface area contributed by atoms with Crippen LogP contribution in [0.5, 0.6) is 5.75 Å². The lowest BCUT2D eigenvalue weighted by atomic mass is 10.0. The second kappa shape index (κ2) is 5.71. The van der Waals surface area contributed by atoms with Gasteiger partial charge in [-0.05, 0) is 35.4 Å². The van der Waals surface area contributed by atoms with Crippen LogP contribution in [0.2, 0.25) is 0 Å². The third-order valence-corrected chi connectivity index (χ3v) is 2.88. The summed E-state index contributed by atoms with van der Waals surface area (Å²) in [4.78, 5) is 0. The predicted octanol–water partition coefficient (Wildman–Crippen LogP) is 2.51. The highest BCUT2D eigenvalue weighted by atomic mass is 16.8. The van der Waals surface area contributed by atoms with Crippen LogP contribution < -0.4 is 15.7 Å². The smallest absolute Gasteiger partial charge is 0.126 e. The summed E-state index contributed by atoms with van der Waals surface area (Å²) in [5.74, 6) is 0.685. The topological polar surface area (TPSA) is 81.8 Å². The van der Waals surface area contributed by atoms with Crippen molar-refractivity contribution in [2.24, 2.45) is 5.73 Å².